The first-order chi connectivity index (χ1) is 10.2. The fraction of sp³-hybridized carbons (Fsp3) is 0.211. The van der Waals surface area contributed by atoms with E-state index in [1.165, 1.54) is 0 Å². The molecule has 1 aromatic heterocycles. The van der Waals surface area contributed by atoms with Crippen LogP contribution in [0.4, 0.5) is 0 Å². The van der Waals surface area contributed by atoms with Crippen molar-refractivity contribution in [2.45, 2.75) is 26.2 Å². The second kappa shape index (κ2) is 5.57. The number of hydrogen-bond acceptors (Lipinski definition) is 2. The van der Waals surface area contributed by atoms with Crippen molar-refractivity contribution in [3.8, 4) is 11.3 Å². The highest BCUT2D eigenvalue weighted by Gasteiger charge is 2.13. The molecule has 0 aliphatic rings. The monoisotopic (exact) mass is 278 g/mol. The van der Waals surface area contributed by atoms with Crippen molar-refractivity contribution in [1.82, 2.24) is 0 Å². The predicted molar refractivity (Wildman–Crippen MR) is 86.6 cm³/mol. The Bertz CT molecular complexity index is 816. The summed E-state index contributed by atoms with van der Waals surface area (Å²) < 4.78 is 6.08. The van der Waals surface area contributed by atoms with Crippen LogP contribution in [0.15, 0.2) is 63.8 Å². The van der Waals surface area contributed by atoms with E-state index in [9.17, 15) is 4.79 Å². The van der Waals surface area contributed by atoms with Gasteiger partial charge in [-0.25, -0.2) is 0 Å². The Morgan fingerprint density at radius 2 is 1.81 bits per heavy atom. The lowest BCUT2D eigenvalue weighted by Crippen LogP contribution is -2.03. The Labute approximate surface area is 124 Å². The Kier molecular flexibility index (Phi) is 3.61. The van der Waals surface area contributed by atoms with Gasteiger partial charge in [-0.1, -0.05) is 56.3 Å². The lowest BCUT2D eigenvalue weighted by molar-refractivity contribution is 0.604. The maximum absolute atomic E-state index is 12.4. The second-order valence-corrected chi connectivity index (χ2v) is 5.37. The molecule has 3 aromatic rings. The highest BCUT2D eigenvalue weighted by Crippen LogP contribution is 2.29. The molecule has 0 radical (unpaired) electrons. The topological polar surface area (TPSA) is 30.2 Å². The van der Waals surface area contributed by atoms with Crippen molar-refractivity contribution in [1.29, 1.82) is 0 Å². The normalized spacial score (nSPS) is 12.5. The Hall–Kier alpha value is -2.35. The largest absolute Gasteiger partial charge is 0.456 e. The van der Waals surface area contributed by atoms with Crippen molar-refractivity contribution >= 4 is 11.0 Å². The smallest absolute Gasteiger partial charge is 0.193 e. The van der Waals surface area contributed by atoms with Crippen LogP contribution in [0.25, 0.3) is 22.3 Å². The zero-order chi connectivity index (χ0) is 14.8. The van der Waals surface area contributed by atoms with Gasteiger partial charge in [-0.15, -0.1) is 0 Å². The van der Waals surface area contributed by atoms with Gasteiger partial charge in [0.05, 0.1) is 5.39 Å². The first-order valence-corrected chi connectivity index (χ1v) is 7.33. The van der Waals surface area contributed by atoms with Gasteiger partial charge in [0.1, 0.15) is 11.3 Å². The molecule has 0 saturated carbocycles. The summed E-state index contributed by atoms with van der Waals surface area (Å²) in [6, 6.07) is 17.1. The molecule has 1 atom stereocenters. The maximum atomic E-state index is 12.4. The van der Waals surface area contributed by atoms with E-state index in [0.29, 0.717) is 17.1 Å². The van der Waals surface area contributed by atoms with Crippen LogP contribution in [-0.2, 0) is 0 Å². The fourth-order valence-electron chi connectivity index (χ4n) is 2.55. The molecular formula is C19H18O2. The lowest BCUT2D eigenvalue weighted by atomic mass is 9.96. The van der Waals surface area contributed by atoms with Crippen LogP contribution in [0.5, 0.6) is 0 Å². The van der Waals surface area contributed by atoms with Crippen LogP contribution in [0, 0.1) is 0 Å². The Balaban J connectivity index is 2.29. The van der Waals surface area contributed by atoms with Crippen molar-refractivity contribution < 1.29 is 4.42 Å². The Morgan fingerprint density at radius 1 is 1.05 bits per heavy atom. The molecule has 2 aromatic carbocycles. The Morgan fingerprint density at radius 3 is 2.52 bits per heavy atom. The summed E-state index contributed by atoms with van der Waals surface area (Å²) in [5.41, 5.74) is 2.76. The van der Waals surface area contributed by atoms with Crippen LogP contribution < -0.4 is 5.43 Å². The van der Waals surface area contributed by atoms with Crippen LogP contribution in [-0.4, -0.2) is 0 Å². The molecular weight excluding hydrogens is 260 g/mol. The molecule has 21 heavy (non-hydrogen) atoms. The van der Waals surface area contributed by atoms with Gasteiger partial charge in [0, 0.05) is 11.6 Å². The van der Waals surface area contributed by atoms with Gasteiger partial charge in [0.25, 0.3) is 0 Å². The zero-order valence-electron chi connectivity index (χ0n) is 12.3. The fourth-order valence-corrected chi connectivity index (χ4v) is 2.55. The van der Waals surface area contributed by atoms with E-state index in [4.69, 9.17) is 4.42 Å². The molecule has 0 saturated heterocycles. The first kappa shape index (κ1) is 13.6. The van der Waals surface area contributed by atoms with Gasteiger partial charge in [-0.3, -0.25) is 4.79 Å². The number of hydrogen-bond donors (Lipinski definition) is 0. The van der Waals surface area contributed by atoms with Crippen molar-refractivity contribution in [2.24, 2.45) is 0 Å². The van der Waals surface area contributed by atoms with Crippen LogP contribution in [0.2, 0.25) is 0 Å². The SMILES string of the molecule is CCC(C)c1cccc2c(=O)cc(-c3ccccc3)oc12. The quantitative estimate of drug-likeness (QED) is 0.676. The van der Waals surface area contributed by atoms with E-state index in [1.807, 2.05) is 48.5 Å². The molecule has 3 rings (SSSR count). The van der Waals surface area contributed by atoms with Gasteiger partial charge in [-0.2, -0.15) is 0 Å². The summed E-state index contributed by atoms with van der Waals surface area (Å²) in [6.45, 7) is 4.30. The minimum atomic E-state index is 0.0141. The molecule has 2 nitrogen and oxygen atoms in total. The molecule has 1 unspecified atom stereocenters. The van der Waals surface area contributed by atoms with E-state index < -0.39 is 0 Å². The summed E-state index contributed by atoms with van der Waals surface area (Å²) in [6.07, 6.45) is 1.01. The summed E-state index contributed by atoms with van der Waals surface area (Å²) in [4.78, 5) is 12.4. The average molecular weight is 278 g/mol. The number of para-hydroxylation sites is 1. The molecule has 0 aliphatic heterocycles. The lowest BCUT2D eigenvalue weighted by Gasteiger charge is -2.12. The van der Waals surface area contributed by atoms with E-state index >= 15 is 0 Å². The van der Waals surface area contributed by atoms with E-state index in [-0.39, 0.29) is 5.43 Å². The minimum Gasteiger partial charge on any atom is -0.456 e. The third kappa shape index (κ3) is 2.49. The standard InChI is InChI=1S/C19H18O2/c1-3-13(2)15-10-7-11-16-17(20)12-18(21-19(15)16)14-8-5-4-6-9-14/h4-13H,3H2,1-2H3. The molecule has 0 bridgehead atoms. The molecule has 1 heterocycles. The van der Waals surface area contributed by atoms with E-state index in [1.54, 1.807) is 6.07 Å². The third-order valence-corrected chi connectivity index (χ3v) is 3.99. The minimum absolute atomic E-state index is 0.0141. The summed E-state index contributed by atoms with van der Waals surface area (Å²) in [7, 11) is 0. The van der Waals surface area contributed by atoms with Crippen molar-refractivity contribution in [3.63, 3.8) is 0 Å². The molecule has 0 fully saturated rings. The predicted octanol–water partition coefficient (Wildman–Crippen LogP) is 4.97. The first-order valence-electron chi connectivity index (χ1n) is 7.33. The van der Waals surface area contributed by atoms with Gasteiger partial charge in [-0.05, 0) is 24.0 Å². The van der Waals surface area contributed by atoms with Crippen LogP contribution in [0.3, 0.4) is 0 Å². The number of fused-ring (bicyclic) bond motifs is 1. The third-order valence-electron chi connectivity index (χ3n) is 3.99. The highest BCUT2D eigenvalue weighted by molar-refractivity contribution is 5.82. The maximum Gasteiger partial charge on any atom is 0.193 e. The highest BCUT2D eigenvalue weighted by atomic mass is 16.3. The molecule has 0 amide bonds. The van der Waals surface area contributed by atoms with Gasteiger partial charge >= 0.3 is 0 Å². The molecule has 2 heteroatoms. The van der Waals surface area contributed by atoms with Gasteiger partial charge in [0.2, 0.25) is 0 Å². The average Bonchev–Trinajstić information content (AvgIpc) is 2.54. The second-order valence-electron chi connectivity index (χ2n) is 5.37. The molecule has 0 spiro atoms. The van der Waals surface area contributed by atoms with Crippen LogP contribution >= 0.6 is 0 Å². The molecule has 0 N–H and O–H groups in total. The molecule has 0 aliphatic carbocycles. The number of benzene rings is 2. The van der Waals surface area contributed by atoms with Crippen molar-refractivity contribution in [2.75, 3.05) is 0 Å². The summed E-state index contributed by atoms with van der Waals surface area (Å²) >= 11 is 0. The van der Waals surface area contributed by atoms with Crippen LogP contribution in [0.1, 0.15) is 31.7 Å². The summed E-state index contributed by atoms with van der Waals surface area (Å²) in [5, 5.41) is 0.660. The zero-order valence-corrected chi connectivity index (χ0v) is 12.3. The van der Waals surface area contributed by atoms with E-state index in [0.717, 1.165) is 23.1 Å². The van der Waals surface area contributed by atoms with Gasteiger partial charge in [0.15, 0.2) is 5.43 Å². The molecule has 106 valence electrons. The number of rotatable bonds is 3. The van der Waals surface area contributed by atoms with Crippen molar-refractivity contribution in [3.05, 3.63) is 70.4 Å². The van der Waals surface area contributed by atoms with E-state index in [2.05, 4.69) is 13.8 Å². The van der Waals surface area contributed by atoms with Gasteiger partial charge < -0.3 is 4.42 Å². The summed E-state index contributed by atoms with van der Waals surface area (Å²) in [5.74, 6) is 0.992.